The maximum atomic E-state index is 13.1. The second-order valence-electron chi connectivity index (χ2n) is 4.98. The van der Waals surface area contributed by atoms with E-state index in [0.717, 1.165) is 12.0 Å². The Bertz CT molecular complexity index is 661. The number of nitrogens with one attached hydrogen (secondary N) is 2. The molecule has 22 heavy (non-hydrogen) atoms. The lowest BCUT2D eigenvalue weighted by Gasteiger charge is -2.10. The monoisotopic (exact) mass is 320 g/mol. The van der Waals surface area contributed by atoms with E-state index in [1.807, 2.05) is 13.0 Å². The molecule has 0 aromatic heterocycles. The van der Waals surface area contributed by atoms with Crippen molar-refractivity contribution in [2.24, 2.45) is 0 Å². The molecule has 0 atom stereocenters. The molecule has 0 aliphatic heterocycles. The topological polar surface area (TPSA) is 41.1 Å². The molecule has 0 fully saturated rings. The highest BCUT2D eigenvalue weighted by molar-refractivity contribution is 6.33. The molecular formula is C17H18ClFN2O. The number of halogens is 2. The van der Waals surface area contributed by atoms with Crippen LogP contribution >= 0.6 is 11.6 Å². The van der Waals surface area contributed by atoms with E-state index in [1.165, 1.54) is 12.1 Å². The second-order valence-corrected chi connectivity index (χ2v) is 5.38. The van der Waals surface area contributed by atoms with E-state index < -0.39 is 0 Å². The van der Waals surface area contributed by atoms with Gasteiger partial charge in [-0.25, -0.2) is 4.39 Å². The first-order valence-corrected chi connectivity index (χ1v) is 7.54. The van der Waals surface area contributed by atoms with Gasteiger partial charge in [-0.05, 0) is 42.3 Å². The van der Waals surface area contributed by atoms with Crippen molar-refractivity contribution in [3.05, 3.63) is 58.9 Å². The smallest absolute Gasteiger partial charge is 0.224 e. The van der Waals surface area contributed by atoms with E-state index in [9.17, 15) is 9.18 Å². The van der Waals surface area contributed by atoms with Crippen molar-refractivity contribution in [2.45, 2.75) is 26.3 Å². The van der Waals surface area contributed by atoms with E-state index in [2.05, 4.69) is 10.6 Å². The van der Waals surface area contributed by atoms with Crippen molar-refractivity contribution in [1.29, 1.82) is 0 Å². The molecular weight excluding hydrogens is 303 g/mol. The van der Waals surface area contributed by atoms with Crippen molar-refractivity contribution in [1.82, 2.24) is 0 Å². The van der Waals surface area contributed by atoms with Crippen LogP contribution in [0.4, 0.5) is 15.8 Å². The molecule has 0 aliphatic carbocycles. The SMILES string of the molecule is CCCC(=O)Nc1ccc(CNc2cccc(F)c2)cc1Cl. The van der Waals surface area contributed by atoms with Gasteiger partial charge in [-0.2, -0.15) is 0 Å². The summed E-state index contributed by atoms with van der Waals surface area (Å²) in [5.41, 5.74) is 2.26. The molecule has 5 heteroatoms. The standard InChI is InChI=1S/C17H18ClFN2O/c1-2-4-17(22)21-16-8-7-12(9-15(16)18)11-20-14-6-3-5-13(19)10-14/h3,5-10,20H,2,4,11H2,1H3,(H,21,22). The van der Waals surface area contributed by atoms with E-state index in [-0.39, 0.29) is 11.7 Å². The van der Waals surface area contributed by atoms with Crippen LogP contribution in [0.1, 0.15) is 25.3 Å². The third kappa shape index (κ3) is 4.74. The lowest BCUT2D eigenvalue weighted by Crippen LogP contribution is -2.11. The zero-order chi connectivity index (χ0) is 15.9. The van der Waals surface area contributed by atoms with E-state index >= 15 is 0 Å². The first kappa shape index (κ1) is 16.3. The third-order valence-electron chi connectivity index (χ3n) is 3.11. The van der Waals surface area contributed by atoms with Crippen molar-refractivity contribution >= 4 is 28.9 Å². The fraction of sp³-hybridized carbons (Fsp3) is 0.235. The number of benzene rings is 2. The van der Waals surface area contributed by atoms with Crippen LogP contribution in [0.25, 0.3) is 0 Å². The fourth-order valence-electron chi connectivity index (χ4n) is 2.01. The summed E-state index contributed by atoms with van der Waals surface area (Å²) >= 11 is 6.18. The van der Waals surface area contributed by atoms with Crippen LogP contribution in [0.5, 0.6) is 0 Å². The van der Waals surface area contributed by atoms with Gasteiger partial charge in [0.25, 0.3) is 0 Å². The highest BCUT2D eigenvalue weighted by atomic mass is 35.5. The van der Waals surface area contributed by atoms with Crippen LogP contribution in [-0.2, 0) is 11.3 Å². The Morgan fingerprint density at radius 3 is 2.73 bits per heavy atom. The van der Waals surface area contributed by atoms with Crippen molar-refractivity contribution in [3.8, 4) is 0 Å². The summed E-state index contributed by atoms with van der Waals surface area (Å²) in [5, 5.41) is 6.39. The first-order valence-electron chi connectivity index (χ1n) is 7.16. The summed E-state index contributed by atoms with van der Waals surface area (Å²) in [6, 6.07) is 11.7. The molecule has 0 saturated heterocycles. The molecule has 0 saturated carbocycles. The van der Waals surface area contributed by atoms with Gasteiger partial charge in [0, 0.05) is 18.7 Å². The number of carbonyl (C=O) groups excluding carboxylic acids is 1. The summed E-state index contributed by atoms with van der Waals surface area (Å²) in [7, 11) is 0. The minimum atomic E-state index is -0.281. The predicted octanol–water partition coefficient (Wildman–Crippen LogP) is 4.83. The Labute approximate surface area is 134 Å². The number of amides is 1. The number of hydrogen-bond donors (Lipinski definition) is 2. The highest BCUT2D eigenvalue weighted by Gasteiger charge is 2.06. The molecule has 0 unspecified atom stereocenters. The molecule has 3 nitrogen and oxygen atoms in total. The maximum Gasteiger partial charge on any atom is 0.224 e. The lowest BCUT2D eigenvalue weighted by atomic mass is 10.2. The Hall–Kier alpha value is -2.07. The van der Waals surface area contributed by atoms with Crippen LogP contribution in [0.15, 0.2) is 42.5 Å². The van der Waals surface area contributed by atoms with E-state index in [1.54, 1.807) is 24.3 Å². The number of rotatable bonds is 6. The molecule has 2 N–H and O–H groups in total. The summed E-state index contributed by atoms with van der Waals surface area (Å²) in [5.74, 6) is -0.327. The van der Waals surface area contributed by atoms with Crippen molar-refractivity contribution in [3.63, 3.8) is 0 Å². The van der Waals surface area contributed by atoms with Gasteiger partial charge in [0.1, 0.15) is 5.82 Å². The molecule has 116 valence electrons. The molecule has 0 heterocycles. The molecule has 0 radical (unpaired) electrons. The van der Waals surface area contributed by atoms with Gasteiger partial charge in [-0.15, -0.1) is 0 Å². The van der Waals surface area contributed by atoms with Gasteiger partial charge in [0.2, 0.25) is 5.91 Å². The minimum absolute atomic E-state index is 0.0463. The van der Waals surface area contributed by atoms with Crippen LogP contribution in [0.3, 0.4) is 0 Å². The van der Waals surface area contributed by atoms with Crippen molar-refractivity contribution < 1.29 is 9.18 Å². The van der Waals surface area contributed by atoms with Gasteiger partial charge >= 0.3 is 0 Å². The Morgan fingerprint density at radius 2 is 2.05 bits per heavy atom. The second kappa shape index (κ2) is 7.80. The van der Waals surface area contributed by atoms with Crippen molar-refractivity contribution in [2.75, 3.05) is 10.6 Å². The fourth-order valence-corrected chi connectivity index (χ4v) is 2.26. The summed E-state index contributed by atoms with van der Waals surface area (Å²) in [6.07, 6.45) is 1.26. The molecule has 2 rings (SSSR count). The normalized spacial score (nSPS) is 10.3. The Morgan fingerprint density at radius 1 is 1.23 bits per heavy atom. The van der Waals surface area contributed by atoms with Gasteiger partial charge < -0.3 is 10.6 Å². The quantitative estimate of drug-likeness (QED) is 0.800. The summed E-state index contributed by atoms with van der Waals surface area (Å²) in [4.78, 5) is 11.6. The van der Waals surface area contributed by atoms with Crippen LogP contribution < -0.4 is 10.6 Å². The Kier molecular flexibility index (Phi) is 5.78. The van der Waals surface area contributed by atoms with E-state index in [0.29, 0.717) is 29.4 Å². The van der Waals surface area contributed by atoms with Crippen LogP contribution in [-0.4, -0.2) is 5.91 Å². The molecule has 2 aromatic carbocycles. The third-order valence-corrected chi connectivity index (χ3v) is 3.42. The molecule has 0 bridgehead atoms. The number of hydrogen-bond acceptors (Lipinski definition) is 2. The van der Waals surface area contributed by atoms with Gasteiger partial charge in [-0.3, -0.25) is 4.79 Å². The summed E-state index contributed by atoms with van der Waals surface area (Å²) < 4.78 is 13.1. The number of carbonyl (C=O) groups is 1. The molecule has 1 amide bonds. The van der Waals surface area contributed by atoms with Gasteiger partial charge in [-0.1, -0.05) is 30.7 Å². The van der Waals surface area contributed by atoms with E-state index in [4.69, 9.17) is 11.6 Å². The average molecular weight is 321 g/mol. The van der Waals surface area contributed by atoms with Crippen LogP contribution in [0, 0.1) is 5.82 Å². The molecule has 2 aromatic rings. The van der Waals surface area contributed by atoms with Gasteiger partial charge in [0.05, 0.1) is 10.7 Å². The molecule has 0 spiro atoms. The Balaban J connectivity index is 1.98. The average Bonchev–Trinajstić information content (AvgIpc) is 2.48. The first-order chi connectivity index (χ1) is 10.6. The molecule has 0 aliphatic rings. The lowest BCUT2D eigenvalue weighted by molar-refractivity contribution is -0.116. The van der Waals surface area contributed by atoms with Gasteiger partial charge in [0.15, 0.2) is 0 Å². The maximum absolute atomic E-state index is 13.1. The zero-order valence-electron chi connectivity index (χ0n) is 12.3. The highest BCUT2D eigenvalue weighted by Crippen LogP contribution is 2.24. The summed E-state index contributed by atoms with van der Waals surface area (Å²) in [6.45, 7) is 2.47. The minimum Gasteiger partial charge on any atom is -0.381 e. The van der Waals surface area contributed by atoms with Crippen LogP contribution in [0.2, 0.25) is 5.02 Å². The zero-order valence-corrected chi connectivity index (χ0v) is 13.1. The largest absolute Gasteiger partial charge is 0.381 e. The predicted molar refractivity (Wildman–Crippen MR) is 88.7 cm³/mol. The number of anilines is 2.